The molecule has 5 heteroatoms. The van der Waals surface area contributed by atoms with Crippen molar-refractivity contribution >= 4 is 34.6 Å². The average Bonchev–Trinajstić information content (AvgIpc) is 2.48. The third kappa shape index (κ3) is 5.20. The molecule has 0 aliphatic heterocycles. The SMILES string of the molecule is CC(C)Oc1ccc(NC(=S)NCc2ccccc2Cl)cc1. The normalized spacial score (nSPS) is 10.4. The van der Waals surface area contributed by atoms with Crippen molar-refractivity contribution in [3.8, 4) is 5.75 Å². The third-order valence-corrected chi connectivity index (χ3v) is 3.50. The number of nitrogens with one attached hydrogen (secondary N) is 2. The Labute approximate surface area is 141 Å². The summed E-state index contributed by atoms with van der Waals surface area (Å²) in [5.41, 5.74) is 1.92. The van der Waals surface area contributed by atoms with Gasteiger partial charge in [0, 0.05) is 17.3 Å². The molecular formula is C17H19ClN2OS. The summed E-state index contributed by atoms with van der Waals surface area (Å²) in [7, 11) is 0. The maximum atomic E-state index is 6.11. The van der Waals surface area contributed by atoms with Gasteiger partial charge in [0.25, 0.3) is 0 Å². The zero-order valence-corrected chi connectivity index (χ0v) is 14.2. The van der Waals surface area contributed by atoms with Gasteiger partial charge in [-0.3, -0.25) is 0 Å². The lowest BCUT2D eigenvalue weighted by molar-refractivity contribution is 0.242. The summed E-state index contributed by atoms with van der Waals surface area (Å²) in [4.78, 5) is 0. The molecule has 0 bridgehead atoms. The van der Waals surface area contributed by atoms with Crippen molar-refractivity contribution in [3.05, 3.63) is 59.1 Å². The van der Waals surface area contributed by atoms with Crippen LogP contribution < -0.4 is 15.4 Å². The molecule has 0 spiro atoms. The quantitative estimate of drug-likeness (QED) is 0.782. The second kappa shape index (κ2) is 8.01. The first kappa shape index (κ1) is 16.6. The second-order valence-electron chi connectivity index (χ2n) is 5.09. The molecular weight excluding hydrogens is 316 g/mol. The summed E-state index contributed by atoms with van der Waals surface area (Å²) in [6.45, 7) is 4.58. The highest BCUT2D eigenvalue weighted by atomic mass is 35.5. The van der Waals surface area contributed by atoms with Crippen molar-refractivity contribution in [1.29, 1.82) is 0 Å². The molecule has 3 nitrogen and oxygen atoms in total. The summed E-state index contributed by atoms with van der Waals surface area (Å²) in [5, 5.41) is 7.56. The molecule has 22 heavy (non-hydrogen) atoms. The molecule has 0 radical (unpaired) electrons. The summed E-state index contributed by atoms with van der Waals surface area (Å²) < 4.78 is 5.60. The zero-order chi connectivity index (χ0) is 15.9. The number of benzene rings is 2. The van der Waals surface area contributed by atoms with E-state index in [-0.39, 0.29) is 6.10 Å². The van der Waals surface area contributed by atoms with Crippen LogP contribution in [-0.2, 0) is 6.54 Å². The molecule has 0 saturated carbocycles. The van der Waals surface area contributed by atoms with Crippen molar-refractivity contribution < 1.29 is 4.74 Å². The van der Waals surface area contributed by atoms with Crippen molar-refractivity contribution in [2.75, 3.05) is 5.32 Å². The van der Waals surface area contributed by atoms with Gasteiger partial charge in [0.05, 0.1) is 6.10 Å². The van der Waals surface area contributed by atoms with Crippen LogP contribution in [-0.4, -0.2) is 11.2 Å². The van der Waals surface area contributed by atoms with Gasteiger partial charge in [0.15, 0.2) is 5.11 Å². The summed E-state index contributed by atoms with van der Waals surface area (Å²) >= 11 is 11.4. The van der Waals surface area contributed by atoms with E-state index in [0.717, 1.165) is 22.0 Å². The van der Waals surface area contributed by atoms with Gasteiger partial charge < -0.3 is 15.4 Å². The van der Waals surface area contributed by atoms with Gasteiger partial charge in [-0.15, -0.1) is 0 Å². The molecule has 0 aliphatic rings. The monoisotopic (exact) mass is 334 g/mol. The number of hydrogen-bond acceptors (Lipinski definition) is 2. The Bertz CT molecular complexity index is 629. The molecule has 0 heterocycles. The largest absolute Gasteiger partial charge is 0.491 e. The topological polar surface area (TPSA) is 33.3 Å². The predicted molar refractivity (Wildman–Crippen MR) is 96.7 cm³/mol. The molecule has 2 aromatic carbocycles. The lowest BCUT2D eigenvalue weighted by atomic mass is 10.2. The van der Waals surface area contributed by atoms with Gasteiger partial charge in [0.2, 0.25) is 0 Å². The molecule has 2 rings (SSSR count). The van der Waals surface area contributed by atoms with E-state index in [9.17, 15) is 0 Å². The molecule has 2 N–H and O–H groups in total. The first-order valence-electron chi connectivity index (χ1n) is 7.09. The molecule has 2 aromatic rings. The van der Waals surface area contributed by atoms with Crippen LogP contribution in [0.2, 0.25) is 5.02 Å². The Morgan fingerprint density at radius 3 is 2.45 bits per heavy atom. The number of thiocarbonyl (C=S) groups is 1. The number of hydrogen-bond donors (Lipinski definition) is 2. The minimum Gasteiger partial charge on any atom is -0.491 e. The smallest absolute Gasteiger partial charge is 0.171 e. The van der Waals surface area contributed by atoms with Gasteiger partial charge >= 0.3 is 0 Å². The van der Waals surface area contributed by atoms with Crippen LogP contribution in [0.3, 0.4) is 0 Å². The van der Waals surface area contributed by atoms with E-state index in [1.54, 1.807) is 0 Å². The second-order valence-corrected chi connectivity index (χ2v) is 5.91. The first-order valence-corrected chi connectivity index (χ1v) is 7.88. The van der Waals surface area contributed by atoms with Crippen LogP contribution in [0.5, 0.6) is 5.75 Å². The number of rotatable bonds is 5. The van der Waals surface area contributed by atoms with Crippen LogP contribution in [0.1, 0.15) is 19.4 Å². The number of ether oxygens (including phenoxy) is 1. The van der Waals surface area contributed by atoms with Crippen LogP contribution in [0, 0.1) is 0 Å². The van der Waals surface area contributed by atoms with Crippen LogP contribution in [0.25, 0.3) is 0 Å². The fourth-order valence-electron chi connectivity index (χ4n) is 1.88. The van der Waals surface area contributed by atoms with Crippen molar-refractivity contribution in [3.63, 3.8) is 0 Å². The van der Waals surface area contributed by atoms with Crippen LogP contribution in [0.15, 0.2) is 48.5 Å². The Morgan fingerprint density at radius 1 is 1.14 bits per heavy atom. The highest BCUT2D eigenvalue weighted by Crippen LogP contribution is 2.17. The highest BCUT2D eigenvalue weighted by Gasteiger charge is 2.02. The van der Waals surface area contributed by atoms with Gasteiger partial charge in [-0.05, 0) is 62.0 Å². The van der Waals surface area contributed by atoms with Gasteiger partial charge in [-0.25, -0.2) is 0 Å². The molecule has 0 fully saturated rings. The molecule has 0 unspecified atom stereocenters. The molecule has 0 aliphatic carbocycles. The van der Waals surface area contributed by atoms with Crippen LogP contribution >= 0.6 is 23.8 Å². The van der Waals surface area contributed by atoms with E-state index < -0.39 is 0 Å². The average molecular weight is 335 g/mol. The fourth-order valence-corrected chi connectivity index (χ4v) is 2.27. The van der Waals surface area contributed by atoms with Gasteiger partial charge in [0.1, 0.15) is 5.75 Å². The minimum absolute atomic E-state index is 0.164. The maximum Gasteiger partial charge on any atom is 0.171 e. The summed E-state index contributed by atoms with van der Waals surface area (Å²) in [5.74, 6) is 0.843. The van der Waals surface area contributed by atoms with E-state index in [4.69, 9.17) is 28.6 Å². The lowest BCUT2D eigenvalue weighted by Crippen LogP contribution is -2.27. The van der Waals surface area contributed by atoms with E-state index in [1.165, 1.54) is 0 Å². The Morgan fingerprint density at radius 2 is 1.82 bits per heavy atom. The Hall–Kier alpha value is -1.78. The third-order valence-electron chi connectivity index (χ3n) is 2.88. The van der Waals surface area contributed by atoms with Crippen molar-refractivity contribution in [2.45, 2.75) is 26.5 Å². The Kier molecular flexibility index (Phi) is 6.04. The molecule has 0 amide bonds. The molecule has 116 valence electrons. The fraction of sp³-hybridized carbons (Fsp3) is 0.235. The maximum absolute atomic E-state index is 6.11. The number of halogens is 1. The molecule has 0 atom stereocenters. The van der Waals surface area contributed by atoms with Gasteiger partial charge in [-0.2, -0.15) is 0 Å². The predicted octanol–water partition coefficient (Wildman–Crippen LogP) is 4.61. The standard InChI is InChI=1S/C17H19ClN2OS/c1-12(2)21-15-9-7-14(8-10-15)20-17(22)19-11-13-5-3-4-6-16(13)18/h3-10,12H,11H2,1-2H3,(H2,19,20,22). The van der Waals surface area contributed by atoms with Crippen molar-refractivity contribution in [2.24, 2.45) is 0 Å². The summed E-state index contributed by atoms with van der Waals surface area (Å²) in [6.07, 6.45) is 0.164. The van der Waals surface area contributed by atoms with E-state index in [2.05, 4.69) is 10.6 Å². The zero-order valence-electron chi connectivity index (χ0n) is 12.6. The van der Waals surface area contributed by atoms with Gasteiger partial charge in [-0.1, -0.05) is 29.8 Å². The van der Waals surface area contributed by atoms with E-state index >= 15 is 0 Å². The van der Waals surface area contributed by atoms with Crippen LogP contribution in [0.4, 0.5) is 5.69 Å². The van der Waals surface area contributed by atoms with Crippen molar-refractivity contribution in [1.82, 2.24) is 5.32 Å². The van der Waals surface area contributed by atoms with E-state index in [1.807, 2.05) is 62.4 Å². The first-order chi connectivity index (χ1) is 10.5. The summed E-state index contributed by atoms with van der Waals surface area (Å²) in [6, 6.07) is 15.4. The lowest BCUT2D eigenvalue weighted by Gasteiger charge is -2.13. The number of anilines is 1. The minimum atomic E-state index is 0.164. The van der Waals surface area contributed by atoms with E-state index in [0.29, 0.717) is 11.7 Å². The molecule has 0 aromatic heterocycles. The molecule has 0 saturated heterocycles. The highest BCUT2D eigenvalue weighted by molar-refractivity contribution is 7.80. The Balaban J connectivity index is 1.85.